The summed E-state index contributed by atoms with van der Waals surface area (Å²) in [6.45, 7) is 4.26. The topological polar surface area (TPSA) is 78.9 Å². The highest BCUT2D eigenvalue weighted by Crippen LogP contribution is 2.30. The molecule has 1 saturated carbocycles. The fourth-order valence-electron chi connectivity index (χ4n) is 3.08. The SMILES string of the molecule is CC1CCCC1CNC(=O)N1CCOC(CC(=O)O)C1. The van der Waals surface area contributed by atoms with Gasteiger partial charge in [0.2, 0.25) is 0 Å². The van der Waals surface area contributed by atoms with Gasteiger partial charge in [0.05, 0.1) is 19.1 Å². The Kier molecular flexibility index (Phi) is 5.23. The Morgan fingerprint density at radius 3 is 2.85 bits per heavy atom. The van der Waals surface area contributed by atoms with E-state index in [2.05, 4.69) is 12.2 Å². The van der Waals surface area contributed by atoms with Crippen molar-refractivity contribution in [2.24, 2.45) is 11.8 Å². The summed E-state index contributed by atoms with van der Waals surface area (Å²) in [7, 11) is 0. The Hall–Kier alpha value is -1.30. The van der Waals surface area contributed by atoms with E-state index in [9.17, 15) is 9.59 Å². The van der Waals surface area contributed by atoms with Crippen LogP contribution in [0.1, 0.15) is 32.6 Å². The van der Waals surface area contributed by atoms with Crippen molar-refractivity contribution in [3.8, 4) is 0 Å². The smallest absolute Gasteiger partial charge is 0.317 e. The number of morpholine rings is 1. The van der Waals surface area contributed by atoms with Gasteiger partial charge in [-0.05, 0) is 18.3 Å². The summed E-state index contributed by atoms with van der Waals surface area (Å²) in [5.74, 6) is 0.367. The molecule has 2 amide bonds. The van der Waals surface area contributed by atoms with E-state index in [4.69, 9.17) is 9.84 Å². The number of hydrogen-bond acceptors (Lipinski definition) is 3. The van der Waals surface area contributed by atoms with Gasteiger partial charge in [-0.15, -0.1) is 0 Å². The third-order valence-electron chi connectivity index (χ3n) is 4.38. The molecule has 0 aromatic heterocycles. The zero-order valence-electron chi connectivity index (χ0n) is 12.0. The lowest BCUT2D eigenvalue weighted by molar-refractivity contribution is -0.141. The Labute approximate surface area is 119 Å². The minimum Gasteiger partial charge on any atom is -0.481 e. The predicted molar refractivity (Wildman–Crippen MR) is 73.5 cm³/mol. The molecule has 1 saturated heterocycles. The first kappa shape index (κ1) is 15.1. The van der Waals surface area contributed by atoms with Crippen molar-refractivity contribution in [1.82, 2.24) is 10.2 Å². The van der Waals surface area contributed by atoms with Gasteiger partial charge in [-0.25, -0.2) is 4.79 Å². The molecule has 0 bridgehead atoms. The fourth-order valence-corrected chi connectivity index (χ4v) is 3.08. The van der Waals surface area contributed by atoms with Gasteiger partial charge < -0.3 is 20.1 Å². The number of hydrogen-bond donors (Lipinski definition) is 2. The first-order valence-corrected chi connectivity index (χ1v) is 7.42. The summed E-state index contributed by atoms with van der Waals surface area (Å²) in [5, 5.41) is 11.8. The molecule has 1 aliphatic heterocycles. The van der Waals surface area contributed by atoms with Gasteiger partial charge in [-0.3, -0.25) is 4.79 Å². The summed E-state index contributed by atoms with van der Waals surface area (Å²) in [5.41, 5.74) is 0. The van der Waals surface area contributed by atoms with E-state index in [1.165, 1.54) is 19.3 Å². The van der Waals surface area contributed by atoms with Gasteiger partial charge in [0.25, 0.3) is 0 Å². The van der Waals surface area contributed by atoms with Crippen molar-refractivity contribution < 1.29 is 19.4 Å². The molecule has 6 heteroatoms. The van der Waals surface area contributed by atoms with Crippen molar-refractivity contribution in [3.63, 3.8) is 0 Å². The van der Waals surface area contributed by atoms with Crippen LogP contribution in [-0.4, -0.2) is 54.4 Å². The van der Waals surface area contributed by atoms with Crippen LogP contribution >= 0.6 is 0 Å². The van der Waals surface area contributed by atoms with Crippen LogP contribution in [0.3, 0.4) is 0 Å². The lowest BCUT2D eigenvalue weighted by atomic mass is 9.98. The highest BCUT2D eigenvalue weighted by atomic mass is 16.5. The second-order valence-corrected chi connectivity index (χ2v) is 5.89. The van der Waals surface area contributed by atoms with Crippen LogP contribution in [0.25, 0.3) is 0 Å². The van der Waals surface area contributed by atoms with Crippen molar-refractivity contribution in [3.05, 3.63) is 0 Å². The maximum absolute atomic E-state index is 12.1. The summed E-state index contributed by atoms with van der Waals surface area (Å²) < 4.78 is 5.36. The molecule has 3 atom stereocenters. The van der Waals surface area contributed by atoms with Crippen LogP contribution in [0.15, 0.2) is 0 Å². The third kappa shape index (κ3) is 4.10. The summed E-state index contributed by atoms with van der Waals surface area (Å²) in [6, 6.07) is -0.0946. The van der Waals surface area contributed by atoms with E-state index in [-0.39, 0.29) is 12.5 Å². The number of nitrogens with one attached hydrogen (secondary N) is 1. The van der Waals surface area contributed by atoms with E-state index < -0.39 is 12.1 Å². The second-order valence-electron chi connectivity index (χ2n) is 5.89. The number of carboxylic acids is 1. The highest BCUT2D eigenvalue weighted by molar-refractivity contribution is 5.74. The van der Waals surface area contributed by atoms with Gasteiger partial charge in [0.1, 0.15) is 0 Å². The van der Waals surface area contributed by atoms with Crippen LogP contribution < -0.4 is 5.32 Å². The van der Waals surface area contributed by atoms with E-state index in [0.29, 0.717) is 31.5 Å². The molecule has 0 aromatic carbocycles. The van der Waals surface area contributed by atoms with E-state index in [1.54, 1.807) is 4.90 Å². The Morgan fingerprint density at radius 2 is 2.20 bits per heavy atom. The molecule has 1 heterocycles. The number of carboxylic acid groups (broad SMARTS) is 1. The zero-order valence-corrected chi connectivity index (χ0v) is 12.0. The zero-order chi connectivity index (χ0) is 14.5. The maximum Gasteiger partial charge on any atom is 0.317 e. The highest BCUT2D eigenvalue weighted by Gasteiger charge is 2.28. The van der Waals surface area contributed by atoms with E-state index in [1.807, 2.05) is 0 Å². The Morgan fingerprint density at radius 1 is 1.40 bits per heavy atom. The number of rotatable bonds is 4. The molecule has 2 rings (SSSR count). The number of carbonyl (C=O) groups is 2. The molecule has 1 aliphatic carbocycles. The monoisotopic (exact) mass is 284 g/mol. The van der Waals surface area contributed by atoms with Gasteiger partial charge >= 0.3 is 12.0 Å². The first-order valence-electron chi connectivity index (χ1n) is 7.42. The minimum atomic E-state index is -0.892. The minimum absolute atomic E-state index is 0.0521. The van der Waals surface area contributed by atoms with Crippen LogP contribution in [0.2, 0.25) is 0 Å². The third-order valence-corrected chi connectivity index (χ3v) is 4.38. The van der Waals surface area contributed by atoms with Crippen molar-refractivity contribution >= 4 is 12.0 Å². The normalized spacial score (nSPS) is 30.2. The van der Waals surface area contributed by atoms with E-state index >= 15 is 0 Å². The van der Waals surface area contributed by atoms with Crippen LogP contribution in [0.5, 0.6) is 0 Å². The number of nitrogens with zero attached hydrogens (tertiary/aromatic N) is 1. The first-order chi connectivity index (χ1) is 9.56. The van der Waals surface area contributed by atoms with Crippen molar-refractivity contribution in [2.75, 3.05) is 26.2 Å². The standard InChI is InChI=1S/C14H24N2O4/c1-10-3-2-4-11(10)8-15-14(19)16-5-6-20-12(9-16)7-13(17)18/h10-12H,2-9H2,1H3,(H,15,19)(H,17,18). The number of carbonyl (C=O) groups excluding carboxylic acids is 1. The predicted octanol–water partition coefficient (Wildman–Crippen LogP) is 1.31. The molecule has 0 aromatic rings. The summed E-state index contributed by atoms with van der Waals surface area (Å²) >= 11 is 0. The Bertz CT molecular complexity index is 361. The van der Waals surface area contributed by atoms with Crippen LogP contribution in [-0.2, 0) is 9.53 Å². The van der Waals surface area contributed by atoms with Gasteiger partial charge in [0, 0.05) is 19.6 Å². The second kappa shape index (κ2) is 6.92. The fraction of sp³-hybridized carbons (Fsp3) is 0.857. The molecule has 114 valence electrons. The van der Waals surface area contributed by atoms with E-state index in [0.717, 1.165) is 6.54 Å². The molecular weight excluding hydrogens is 260 g/mol. The van der Waals surface area contributed by atoms with Crippen molar-refractivity contribution in [2.45, 2.75) is 38.7 Å². The van der Waals surface area contributed by atoms with Gasteiger partial charge in [0.15, 0.2) is 0 Å². The quantitative estimate of drug-likeness (QED) is 0.816. The number of aliphatic carboxylic acids is 1. The molecule has 20 heavy (non-hydrogen) atoms. The maximum atomic E-state index is 12.1. The molecule has 6 nitrogen and oxygen atoms in total. The average molecular weight is 284 g/mol. The van der Waals surface area contributed by atoms with Gasteiger partial charge in [-0.2, -0.15) is 0 Å². The largest absolute Gasteiger partial charge is 0.481 e. The number of urea groups is 1. The van der Waals surface area contributed by atoms with Gasteiger partial charge in [-0.1, -0.05) is 19.8 Å². The number of ether oxygens (including phenoxy) is 1. The molecule has 3 unspecified atom stereocenters. The molecule has 0 radical (unpaired) electrons. The average Bonchev–Trinajstić information content (AvgIpc) is 2.81. The number of amides is 2. The molecule has 2 fully saturated rings. The lowest BCUT2D eigenvalue weighted by Gasteiger charge is -2.32. The molecule has 2 N–H and O–H groups in total. The summed E-state index contributed by atoms with van der Waals surface area (Å²) in [4.78, 5) is 24.4. The lowest BCUT2D eigenvalue weighted by Crippen LogP contribution is -2.50. The molecule has 2 aliphatic rings. The van der Waals surface area contributed by atoms with Crippen LogP contribution in [0.4, 0.5) is 4.79 Å². The van der Waals surface area contributed by atoms with Crippen LogP contribution in [0, 0.1) is 11.8 Å². The van der Waals surface area contributed by atoms with Crippen molar-refractivity contribution in [1.29, 1.82) is 0 Å². The summed E-state index contributed by atoms with van der Waals surface area (Å²) in [6.07, 6.45) is 3.24. The molecular formula is C14H24N2O4. The molecule has 0 spiro atoms. The Balaban J connectivity index is 1.75.